The van der Waals surface area contributed by atoms with Crippen molar-refractivity contribution < 1.29 is 14.6 Å². The molecular weight excluding hydrogens is 351 g/mol. The summed E-state index contributed by atoms with van der Waals surface area (Å²) in [6.45, 7) is 1.90. The summed E-state index contributed by atoms with van der Waals surface area (Å²) >= 11 is 12.1. The molecule has 5 nitrogen and oxygen atoms in total. The number of rotatable bonds is 3. The maximum absolute atomic E-state index is 11.9. The van der Waals surface area contributed by atoms with Crippen molar-refractivity contribution in [3.05, 3.63) is 52.3 Å². The summed E-state index contributed by atoms with van der Waals surface area (Å²) < 4.78 is 4.91. The highest BCUT2D eigenvalue weighted by molar-refractivity contribution is 6.35. The number of hydrogen-bond acceptors (Lipinski definition) is 5. The van der Waals surface area contributed by atoms with Gasteiger partial charge in [-0.05, 0) is 31.2 Å². The number of carbonyl (C=O) groups excluding carboxylic acids is 1. The van der Waals surface area contributed by atoms with Crippen LogP contribution in [0, 0.1) is 0 Å². The molecule has 0 radical (unpaired) electrons. The zero-order chi connectivity index (χ0) is 17.3. The van der Waals surface area contributed by atoms with E-state index in [1.54, 1.807) is 31.2 Å². The van der Waals surface area contributed by atoms with E-state index >= 15 is 0 Å². The Morgan fingerprint density at radius 3 is 2.58 bits per heavy atom. The Kier molecular flexibility index (Phi) is 4.55. The Balaban J connectivity index is 2.21. The van der Waals surface area contributed by atoms with Crippen molar-refractivity contribution in [1.82, 2.24) is 9.97 Å². The third-order valence-corrected chi connectivity index (χ3v) is 3.83. The first-order valence-corrected chi connectivity index (χ1v) is 7.87. The Bertz CT molecular complexity index is 924. The molecule has 1 aromatic carbocycles. The van der Waals surface area contributed by atoms with Crippen molar-refractivity contribution >= 4 is 40.1 Å². The zero-order valence-electron chi connectivity index (χ0n) is 12.6. The highest BCUT2D eigenvalue weighted by Gasteiger charge is 2.18. The van der Waals surface area contributed by atoms with Gasteiger partial charge >= 0.3 is 5.97 Å². The first-order chi connectivity index (χ1) is 11.5. The van der Waals surface area contributed by atoms with Gasteiger partial charge in [-0.3, -0.25) is 9.97 Å². The second-order valence-electron chi connectivity index (χ2n) is 4.95. The molecule has 24 heavy (non-hydrogen) atoms. The number of nitrogens with zero attached hydrogens (tertiary/aromatic N) is 2. The van der Waals surface area contributed by atoms with Crippen LogP contribution in [-0.4, -0.2) is 27.7 Å². The van der Waals surface area contributed by atoms with Gasteiger partial charge in [-0.25, -0.2) is 4.79 Å². The number of aromatic hydroxyl groups is 1. The van der Waals surface area contributed by atoms with Crippen LogP contribution in [0.1, 0.15) is 17.3 Å². The lowest BCUT2D eigenvalue weighted by Gasteiger charge is -2.10. The fourth-order valence-corrected chi connectivity index (χ4v) is 2.90. The van der Waals surface area contributed by atoms with Crippen LogP contribution in [0.4, 0.5) is 0 Å². The van der Waals surface area contributed by atoms with Gasteiger partial charge in [0.2, 0.25) is 0 Å². The summed E-state index contributed by atoms with van der Waals surface area (Å²) in [7, 11) is 0. The summed E-state index contributed by atoms with van der Waals surface area (Å²) in [5, 5.41) is 11.7. The van der Waals surface area contributed by atoms with Crippen molar-refractivity contribution in [3.63, 3.8) is 0 Å². The number of aromatic nitrogens is 2. The van der Waals surface area contributed by atoms with Gasteiger partial charge < -0.3 is 9.84 Å². The van der Waals surface area contributed by atoms with Gasteiger partial charge in [-0.15, -0.1) is 0 Å². The van der Waals surface area contributed by atoms with Gasteiger partial charge in [-0.2, -0.15) is 0 Å². The van der Waals surface area contributed by atoms with Gasteiger partial charge in [0.05, 0.1) is 12.3 Å². The number of fused-ring (bicyclic) bond motifs is 1. The highest BCUT2D eigenvalue weighted by atomic mass is 35.5. The van der Waals surface area contributed by atoms with Gasteiger partial charge in [0.15, 0.2) is 0 Å². The van der Waals surface area contributed by atoms with E-state index in [9.17, 15) is 9.90 Å². The van der Waals surface area contributed by atoms with Crippen molar-refractivity contribution in [1.29, 1.82) is 0 Å². The van der Waals surface area contributed by atoms with Crippen molar-refractivity contribution in [2.75, 3.05) is 6.61 Å². The van der Waals surface area contributed by atoms with Crippen LogP contribution in [0.25, 0.3) is 22.2 Å². The van der Waals surface area contributed by atoms with Crippen LogP contribution in [0.15, 0.2) is 36.7 Å². The number of esters is 1. The first-order valence-electron chi connectivity index (χ1n) is 7.11. The number of hydrogen-bond donors (Lipinski definition) is 1. The van der Waals surface area contributed by atoms with Gasteiger partial charge in [0, 0.05) is 33.4 Å². The molecule has 0 aliphatic rings. The van der Waals surface area contributed by atoms with Gasteiger partial charge in [-0.1, -0.05) is 23.2 Å². The molecule has 0 spiro atoms. The lowest BCUT2D eigenvalue weighted by molar-refractivity contribution is 0.0523. The van der Waals surface area contributed by atoms with Crippen LogP contribution in [-0.2, 0) is 4.74 Å². The molecule has 0 aliphatic carbocycles. The minimum absolute atomic E-state index is 0.00521. The number of carbonyl (C=O) groups is 1. The normalized spacial score (nSPS) is 10.8. The molecule has 7 heteroatoms. The second kappa shape index (κ2) is 6.63. The van der Waals surface area contributed by atoms with E-state index in [0.29, 0.717) is 32.2 Å². The second-order valence-corrected chi connectivity index (χ2v) is 5.83. The molecule has 2 aromatic heterocycles. The molecular formula is C17H12Cl2N2O3. The average molecular weight is 363 g/mol. The molecule has 122 valence electrons. The smallest absolute Gasteiger partial charge is 0.343 e. The van der Waals surface area contributed by atoms with Crippen molar-refractivity contribution in [2.45, 2.75) is 6.92 Å². The molecule has 1 N–H and O–H groups in total. The largest absolute Gasteiger partial charge is 0.506 e. The van der Waals surface area contributed by atoms with Crippen molar-refractivity contribution in [3.8, 4) is 17.0 Å². The Morgan fingerprint density at radius 1 is 1.21 bits per heavy atom. The fourth-order valence-electron chi connectivity index (χ4n) is 2.37. The number of halogens is 2. The summed E-state index contributed by atoms with van der Waals surface area (Å²) in [4.78, 5) is 20.5. The first kappa shape index (κ1) is 16.5. The summed E-state index contributed by atoms with van der Waals surface area (Å²) in [6, 6.07) is 6.60. The molecule has 0 saturated carbocycles. The molecule has 0 bridgehead atoms. The minimum Gasteiger partial charge on any atom is -0.506 e. The van der Waals surface area contributed by atoms with Crippen molar-refractivity contribution in [2.24, 2.45) is 0 Å². The van der Waals surface area contributed by atoms with E-state index in [0.717, 1.165) is 0 Å². The molecule has 2 heterocycles. The van der Waals surface area contributed by atoms with E-state index in [-0.39, 0.29) is 17.9 Å². The maximum atomic E-state index is 11.9. The number of benzene rings is 1. The number of ether oxygens (including phenoxy) is 1. The average Bonchev–Trinajstić information content (AvgIpc) is 2.54. The van der Waals surface area contributed by atoms with E-state index in [2.05, 4.69) is 9.97 Å². The Hall–Kier alpha value is -2.37. The molecule has 0 saturated heterocycles. The molecule has 0 unspecified atom stereocenters. The van der Waals surface area contributed by atoms with Gasteiger partial charge in [0.1, 0.15) is 16.8 Å². The molecule has 3 rings (SSSR count). The summed E-state index contributed by atoms with van der Waals surface area (Å²) in [5.74, 6) is -0.830. The quantitative estimate of drug-likeness (QED) is 0.695. The van der Waals surface area contributed by atoms with Crippen LogP contribution in [0.2, 0.25) is 10.0 Å². The zero-order valence-corrected chi connectivity index (χ0v) is 14.1. The molecule has 0 amide bonds. The summed E-state index contributed by atoms with van der Waals surface area (Å²) in [5.41, 5.74) is 1.60. The maximum Gasteiger partial charge on any atom is 0.343 e. The minimum atomic E-state index is -0.631. The van der Waals surface area contributed by atoms with Gasteiger partial charge in [0.25, 0.3) is 0 Å². The lowest BCUT2D eigenvalue weighted by Crippen LogP contribution is -2.06. The predicted octanol–water partition coefficient (Wildman–Crippen LogP) is 4.49. The van der Waals surface area contributed by atoms with Crippen LogP contribution < -0.4 is 0 Å². The van der Waals surface area contributed by atoms with Crippen LogP contribution in [0.3, 0.4) is 0 Å². The lowest BCUT2D eigenvalue weighted by atomic mass is 10.1. The van der Waals surface area contributed by atoms with E-state index in [4.69, 9.17) is 27.9 Å². The Labute approximate surface area is 147 Å². The number of pyridine rings is 2. The summed E-state index contributed by atoms with van der Waals surface area (Å²) in [6.07, 6.45) is 2.79. The molecule has 0 aliphatic heterocycles. The van der Waals surface area contributed by atoms with E-state index in [1.165, 1.54) is 12.4 Å². The Morgan fingerprint density at radius 2 is 1.92 bits per heavy atom. The monoisotopic (exact) mass is 362 g/mol. The molecule has 0 atom stereocenters. The SMILES string of the molecule is CCOC(=O)c1cnc2c(-c3cc(Cl)cc(Cl)c3)nccc2c1O. The fraction of sp³-hybridized carbons (Fsp3) is 0.118. The predicted molar refractivity (Wildman–Crippen MR) is 92.6 cm³/mol. The molecule has 0 fully saturated rings. The third kappa shape index (κ3) is 3.00. The van der Waals surface area contributed by atoms with Crippen LogP contribution >= 0.6 is 23.2 Å². The van der Waals surface area contributed by atoms with E-state index < -0.39 is 5.97 Å². The molecule has 3 aromatic rings. The topological polar surface area (TPSA) is 72.3 Å². The van der Waals surface area contributed by atoms with E-state index in [1.807, 2.05) is 0 Å². The van der Waals surface area contributed by atoms with Crippen LogP contribution in [0.5, 0.6) is 5.75 Å². The third-order valence-electron chi connectivity index (χ3n) is 3.39. The highest BCUT2D eigenvalue weighted by Crippen LogP contribution is 2.34. The standard InChI is InChI=1S/C17H12Cl2N2O3/c1-2-24-17(23)13-8-21-15-12(16(13)22)3-4-20-14(15)9-5-10(18)7-11(19)6-9/h3-8H,2H2,1H3,(H,21,22).